The Morgan fingerprint density at radius 2 is 0.725 bits per heavy atom. The summed E-state index contributed by atoms with van der Waals surface area (Å²) in [5.41, 5.74) is 0. The molecule has 0 aromatic heterocycles. The maximum atomic E-state index is 13.7. The molecule has 0 amide bonds. The van der Waals surface area contributed by atoms with Crippen molar-refractivity contribution in [2.24, 2.45) is 10.3 Å². The second-order valence-corrected chi connectivity index (χ2v) is 36.3. The summed E-state index contributed by atoms with van der Waals surface area (Å²) < 4.78 is 150. The Morgan fingerprint density at radius 3 is 0.942 bits per heavy atom. The van der Waals surface area contributed by atoms with Gasteiger partial charge in [0.1, 0.15) is 31.9 Å². The number of nitrogens with one attached hydrogen (secondary N) is 4. The molecule has 0 unspecified atom stereocenters. The van der Waals surface area contributed by atoms with Crippen LogP contribution in [0.2, 0.25) is 5.04 Å². The van der Waals surface area contributed by atoms with Crippen LogP contribution in [0.5, 0.6) is 17.2 Å². The molecule has 21 nitrogen and oxygen atoms in total. The average molecular weight is 1290 g/mol. The largest absolute Gasteiger partial charge is 0.506 e. The molecule has 0 heterocycles. The van der Waals surface area contributed by atoms with Crippen LogP contribution in [-0.2, 0) is 60.1 Å². The molecule has 69 heavy (non-hydrogen) atoms. The van der Waals surface area contributed by atoms with Crippen molar-refractivity contribution >= 4 is 129 Å². The lowest BCUT2D eigenvalue weighted by atomic mass is 10.2. The van der Waals surface area contributed by atoms with Gasteiger partial charge >= 0.3 is 3.18 Å². The molecule has 0 spiro atoms. The van der Waals surface area contributed by atoms with Crippen molar-refractivity contribution in [2.45, 2.75) is 55.2 Å². The molecule has 11 N–H and O–H groups in total. The number of phenols is 3. The first-order chi connectivity index (χ1) is 31.4. The summed E-state index contributed by atoms with van der Waals surface area (Å²) in [5, 5.41) is 40.0. The summed E-state index contributed by atoms with van der Waals surface area (Å²) in [6, 6.07) is 27.6. The van der Waals surface area contributed by atoms with Gasteiger partial charge in [-0.15, -0.1) is 47.3 Å². The van der Waals surface area contributed by atoms with Crippen LogP contribution in [0.3, 0.4) is 0 Å². The molecule has 0 radical (unpaired) electrons. The van der Waals surface area contributed by atoms with Gasteiger partial charge in [0.2, 0.25) is 68.4 Å². The lowest BCUT2D eigenvalue weighted by Crippen LogP contribution is -2.74. The Kier molecular flexibility index (Phi) is 21.9. The fourth-order valence-electron chi connectivity index (χ4n) is 5.99. The van der Waals surface area contributed by atoms with E-state index in [1.807, 2.05) is 90.9 Å². The van der Waals surface area contributed by atoms with Crippen LogP contribution in [0.15, 0.2) is 145 Å². The summed E-state index contributed by atoms with van der Waals surface area (Å²) in [6.07, 6.45) is 0. The molecule has 0 fully saturated rings. The zero-order valence-electron chi connectivity index (χ0n) is 37.0. The molecule has 0 bridgehead atoms. The second kappa shape index (κ2) is 24.4. The molecule has 0 saturated carbocycles. The van der Waals surface area contributed by atoms with E-state index in [1.165, 1.54) is 21.1 Å². The van der Waals surface area contributed by atoms with E-state index in [0.717, 1.165) is 65.0 Å². The molecular formula is C37H48BBr3N6O15S6Si. The first kappa shape index (κ1) is 61.8. The average Bonchev–Trinajstić information content (AvgIpc) is 3.25. The van der Waals surface area contributed by atoms with Crippen molar-refractivity contribution < 1.29 is 65.8 Å². The van der Waals surface area contributed by atoms with E-state index < -0.39 is 100 Å². The SMILES string of the molecule is BrB(Br)Br.CNS(=O)(=O)c1ccc(S(=O)(=O)N[Si](c2ccccc2)(c2ccccc2)C(C)(C)C)c(O)c1.CNS(=O)(=O)c1ccc(S(N)(=O)=O)c(O)c1.CNS(=O)(=O)c1ccc(S(N)(=O)=O)c(O)c1. The highest BCUT2D eigenvalue weighted by Gasteiger charge is 2.51. The van der Waals surface area contributed by atoms with Crippen molar-refractivity contribution in [3.63, 3.8) is 0 Å². The minimum atomic E-state index is -4.25. The van der Waals surface area contributed by atoms with E-state index in [0.29, 0.717) is 0 Å². The maximum absolute atomic E-state index is 13.7. The Hall–Kier alpha value is -3.32. The van der Waals surface area contributed by atoms with Gasteiger partial charge < -0.3 is 15.3 Å². The van der Waals surface area contributed by atoms with Gasteiger partial charge in [0.15, 0.2) is 0 Å². The third-order valence-electron chi connectivity index (χ3n) is 9.26. The second-order valence-electron chi connectivity index (χ2n) is 14.7. The summed E-state index contributed by atoms with van der Waals surface area (Å²) >= 11 is 9.31. The van der Waals surface area contributed by atoms with Crippen molar-refractivity contribution in [3.05, 3.63) is 115 Å². The van der Waals surface area contributed by atoms with Crippen LogP contribution in [0.25, 0.3) is 0 Å². The minimum absolute atomic E-state index is 0.230. The Labute approximate surface area is 428 Å². The van der Waals surface area contributed by atoms with Crippen molar-refractivity contribution in [1.29, 1.82) is 0 Å². The molecule has 0 atom stereocenters. The number of primary sulfonamides is 2. The van der Waals surface area contributed by atoms with Crippen molar-refractivity contribution in [3.8, 4) is 17.2 Å². The fraction of sp³-hybridized carbons (Fsp3) is 0.189. The van der Waals surface area contributed by atoms with E-state index in [2.05, 4.69) is 56.4 Å². The van der Waals surface area contributed by atoms with Gasteiger partial charge in [-0.05, 0) is 73.0 Å². The predicted octanol–water partition coefficient (Wildman–Crippen LogP) is 2.19. The summed E-state index contributed by atoms with van der Waals surface area (Å²) in [6.45, 7) is 5.97. The monoisotopic (exact) mass is 1280 g/mol. The molecule has 32 heteroatoms. The van der Waals surface area contributed by atoms with E-state index in [4.69, 9.17) is 10.3 Å². The van der Waals surface area contributed by atoms with E-state index >= 15 is 0 Å². The maximum Gasteiger partial charge on any atom is 0.369 e. The molecule has 0 aliphatic rings. The highest BCUT2D eigenvalue weighted by molar-refractivity contribution is 9.69. The highest BCUT2D eigenvalue weighted by atomic mass is 79.9. The Bertz CT molecular complexity index is 3140. The van der Waals surface area contributed by atoms with Crippen molar-refractivity contribution in [1.82, 2.24) is 18.6 Å². The fourth-order valence-corrected chi connectivity index (χ4v) is 17.7. The smallest absolute Gasteiger partial charge is 0.369 e. The molecular weight excluding hydrogens is 1240 g/mol. The summed E-state index contributed by atoms with van der Waals surface area (Å²) in [4.78, 5) is -2.16. The highest BCUT2D eigenvalue weighted by Crippen LogP contribution is 2.36. The Balaban J connectivity index is 0.000000379. The lowest BCUT2D eigenvalue weighted by Gasteiger charge is -2.43. The van der Waals surface area contributed by atoms with E-state index in [-0.39, 0.29) is 22.8 Å². The van der Waals surface area contributed by atoms with Gasteiger partial charge in [-0.2, -0.15) is 0 Å². The Morgan fingerprint density at radius 1 is 0.464 bits per heavy atom. The number of nitrogens with two attached hydrogens (primary N) is 2. The molecule has 0 aliphatic heterocycles. The third kappa shape index (κ3) is 16.6. The van der Waals surface area contributed by atoms with Crippen LogP contribution in [0.4, 0.5) is 0 Å². The number of aromatic hydroxyl groups is 3. The number of halogens is 3. The van der Waals surface area contributed by atoms with Gasteiger partial charge in [0.25, 0.3) is 0 Å². The van der Waals surface area contributed by atoms with Gasteiger partial charge in [-0.1, -0.05) is 81.4 Å². The number of benzene rings is 5. The summed E-state index contributed by atoms with van der Waals surface area (Å²) in [5.74, 6) is -2.06. The van der Waals surface area contributed by atoms with E-state index in [9.17, 15) is 65.8 Å². The topological polar surface area (TPSA) is 366 Å². The minimum Gasteiger partial charge on any atom is -0.506 e. The number of phenolic OH excluding ortho intramolecular Hbond substituents is 3. The molecule has 380 valence electrons. The van der Waals surface area contributed by atoms with Crippen LogP contribution in [0, 0.1) is 0 Å². The van der Waals surface area contributed by atoms with Gasteiger partial charge in [0.05, 0.1) is 14.7 Å². The molecule has 5 aromatic rings. The third-order valence-corrected chi connectivity index (χ3v) is 23.3. The predicted molar refractivity (Wildman–Crippen MR) is 276 cm³/mol. The first-order valence-corrected chi connectivity index (χ1v) is 32.6. The molecule has 5 aromatic carbocycles. The van der Waals surface area contributed by atoms with Gasteiger partial charge in [-0.25, -0.2) is 79.3 Å². The van der Waals surface area contributed by atoms with Gasteiger partial charge in [0, 0.05) is 18.2 Å². The number of rotatable bonds is 13. The summed E-state index contributed by atoms with van der Waals surface area (Å²) in [7, 11) is -23.3. The first-order valence-electron chi connectivity index (χ1n) is 18.9. The van der Waals surface area contributed by atoms with Crippen LogP contribution in [0.1, 0.15) is 20.8 Å². The number of sulfonamides is 6. The normalized spacial score (nSPS) is 12.5. The van der Waals surface area contributed by atoms with E-state index in [1.54, 1.807) is 0 Å². The lowest BCUT2D eigenvalue weighted by molar-refractivity contribution is 0.455. The van der Waals surface area contributed by atoms with Crippen LogP contribution < -0.4 is 39.2 Å². The standard InChI is InChI=1S/C23H28N2O5S2Si.2C7H10N2O5S2.BBr3/c1-23(2,3)33(19-11-7-5-8-12-19,20-13-9-6-10-14-20)25-32(29,30)22-16-15-18(17-21(22)26)31(27,28)24-4;2*1-9-16(13,14)5-2-3-7(6(10)4-5)15(8,11)12;2-1(3)4/h5-17,24-26H,1-4H3;2*2-4,9-10H,1H3,(H2,8,11,12);. The van der Waals surface area contributed by atoms with Crippen LogP contribution in [-0.4, -0.2) is 98.4 Å². The molecule has 5 rings (SSSR count). The van der Waals surface area contributed by atoms with Crippen LogP contribution >= 0.6 is 47.3 Å². The van der Waals surface area contributed by atoms with Crippen molar-refractivity contribution in [2.75, 3.05) is 21.1 Å². The quantitative estimate of drug-likeness (QED) is 0.0763. The molecule has 0 saturated heterocycles. The zero-order valence-corrected chi connectivity index (χ0v) is 47.7. The zero-order chi connectivity index (χ0) is 53.2. The number of hydrogen-bond acceptors (Lipinski definition) is 15. The number of hydrogen-bond donors (Lipinski definition) is 9. The van der Waals surface area contributed by atoms with Gasteiger partial charge in [-0.3, -0.25) is 0 Å². The molecule has 0 aliphatic carbocycles.